The Bertz CT molecular complexity index is 387. The summed E-state index contributed by atoms with van der Waals surface area (Å²) in [7, 11) is 0. The average Bonchev–Trinajstić information content (AvgIpc) is 2.10. The van der Waals surface area contributed by atoms with Crippen LogP contribution in [-0.4, -0.2) is 10.1 Å². The van der Waals surface area contributed by atoms with Gasteiger partial charge >= 0.3 is 0 Å². The van der Waals surface area contributed by atoms with Gasteiger partial charge in [0.15, 0.2) is 0 Å². The van der Waals surface area contributed by atoms with E-state index in [1.54, 1.807) is 6.07 Å². The Balaban J connectivity index is 3.28. The molecule has 1 aromatic rings. The lowest BCUT2D eigenvalue weighted by molar-refractivity contribution is 0.148. The van der Waals surface area contributed by atoms with Crippen molar-refractivity contribution < 1.29 is 13.9 Å². The van der Waals surface area contributed by atoms with Crippen LogP contribution >= 0.6 is 0 Å². The molecule has 0 saturated heterocycles. The van der Waals surface area contributed by atoms with Crippen molar-refractivity contribution in [3.63, 3.8) is 0 Å². The second kappa shape index (κ2) is 3.87. The van der Waals surface area contributed by atoms with Crippen LogP contribution in [0.2, 0.25) is 0 Å². The van der Waals surface area contributed by atoms with Crippen LogP contribution in [0, 0.1) is 11.3 Å². The SMILES string of the molecule is N#CCc1ncc(O)c(C(F)F)c1N. The molecule has 4 nitrogen and oxygen atoms in total. The summed E-state index contributed by atoms with van der Waals surface area (Å²) < 4.78 is 24.7. The molecule has 3 N–H and O–H groups in total. The fourth-order valence-corrected chi connectivity index (χ4v) is 1.02. The molecule has 0 bridgehead atoms. The molecule has 0 radical (unpaired) electrons. The second-order valence-electron chi connectivity index (χ2n) is 2.55. The molecule has 6 heteroatoms. The van der Waals surface area contributed by atoms with Crippen LogP contribution in [0.3, 0.4) is 0 Å². The Kier molecular flexibility index (Phi) is 2.82. The second-order valence-corrected chi connectivity index (χ2v) is 2.55. The van der Waals surface area contributed by atoms with Gasteiger partial charge in [0, 0.05) is 0 Å². The first kappa shape index (κ1) is 10.2. The minimum absolute atomic E-state index is 0.0561. The summed E-state index contributed by atoms with van der Waals surface area (Å²) in [6, 6.07) is 1.74. The predicted octanol–water partition coefficient (Wildman–Crippen LogP) is 1.37. The summed E-state index contributed by atoms with van der Waals surface area (Å²) in [5.41, 5.74) is 4.39. The number of anilines is 1. The van der Waals surface area contributed by atoms with Crippen LogP contribution in [0.15, 0.2) is 6.20 Å². The minimum atomic E-state index is -2.88. The fraction of sp³-hybridized carbons (Fsp3) is 0.250. The van der Waals surface area contributed by atoms with Gasteiger partial charge < -0.3 is 10.8 Å². The van der Waals surface area contributed by atoms with Crippen molar-refractivity contribution in [2.75, 3.05) is 5.73 Å². The topological polar surface area (TPSA) is 82.9 Å². The number of hydrogen-bond donors (Lipinski definition) is 2. The summed E-state index contributed by atoms with van der Waals surface area (Å²) in [6.45, 7) is 0. The molecule has 1 aromatic heterocycles. The van der Waals surface area contributed by atoms with Crippen molar-refractivity contribution in [2.24, 2.45) is 0 Å². The Hall–Kier alpha value is -1.90. The number of rotatable bonds is 2. The Labute approximate surface area is 78.6 Å². The molecule has 0 spiro atoms. The highest BCUT2D eigenvalue weighted by Crippen LogP contribution is 2.33. The van der Waals surface area contributed by atoms with Crippen molar-refractivity contribution in [3.8, 4) is 11.8 Å². The zero-order valence-electron chi connectivity index (χ0n) is 7.04. The summed E-state index contributed by atoms with van der Waals surface area (Å²) in [5.74, 6) is -0.654. The summed E-state index contributed by atoms with van der Waals surface area (Å²) in [6.07, 6.45) is -2.17. The third kappa shape index (κ3) is 1.71. The van der Waals surface area contributed by atoms with Crippen molar-refractivity contribution >= 4 is 5.69 Å². The molecular weight excluding hydrogens is 192 g/mol. The van der Waals surface area contributed by atoms with Crippen molar-refractivity contribution in [1.82, 2.24) is 4.98 Å². The summed E-state index contributed by atoms with van der Waals surface area (Å²) in [4.78, 5) is 3.58. The van der Waals surface area contributed by atoms with E-state index in [1.165, 1.54) is 0 Å². The molecule has 1 heterocycles. The number of nitriles is 1. The van der Waals surface area contributed by atoms with E-state index >= 15 is 0 Å². The molecule has 0 atom stereocenters. The minimum Gasteiger partial charge on any atom is -0.506 e. The molecule has 0 amide bonds. The van der Waals surface area contributed by atoms with Crippen LogP contribution < -0.4 is 5.73 Å². The molecule has 0 unspecified atom stereocenters. The van der Waals surface area contributed by atoms with Crippen molar-refractivity contribution in [2.45, 2.75) is 12.8 Å². The molecule has 14 heavy (non-hydrogen) atoms. The third-order valence-electron chi connectivity index (χ3n) is 1.68. The first-order chi connectivity index (χ1) is 6.57. The van der Waals surface area contributed by atoms with Crippen LogP contribution in [0.1, 0.15) is 17.7 Å². The van der Waals surface area contributed by atoms with Gasteiger partial charge in [0.2, 0.25) is 0 Å². The van der Waals surface area contributed by atoms with E-state index in [2.05, 4.69) is 4.98 Å². The number of nitrogen functional groups attached to an aromatic ring is 1. The number of aromatic hydroxyl groups is 1. The monoisotopic (exact) mass is 199 g/mol. The predicted molar refractivity (Wildman–Crippen MR) is 44.6 cm³/mol. The summed E-state index contributed by atoms with van der Waals surface area (Å²) in [5, 5.41) is 17.4. The van der Waals surface area contributed by atoms with E-state index in [9.17, 15) is 8.78 Å². The van der Waals surface area contributed by atoms with Crippen LogP contribution in [0.5, 0.6) is 5.75 Å². The zero-order valence-corrected chi connectivity index (χ0v) is 7.04. The highest BCUT2D eigenvalue weighted by Gasteiger charge is 2.19. The van der Waals surface area contributed by atoms with Gasteiger partial charge in [0.25, 0.3) is 6.43 Å². The van der Waals surface area contributed by atoms with Crippen molar-refractivity contribution in [3.05, 3.63) is 17.5 Å². The smallest absolute Gasteiger partial charge is 0.269 e. The maximum absolute atomic E-state index is 12.4. The zero-order chi connectivity index (χ0) is 10.7. The van der Waals surface area contributed by atoms with Gasteiger partial charge in [0.1, 0.15) is 5.75 Å². The first-order valence-corrected chi connectivity index (χ1v) is 3.69. The number of nitrogens with two attached hydrogens (primary N) is 1. The van der Waals surface area contributed by atoms with E-state index in [0.717, 1.165) is 6.20 Å². The molecule has 0 aliphatic rings. The van der Waals surface area contributed by atoms with Gasteiger partial charge in [-0.15, -0.1) is 0 Å². The molecule has 74 valence electrons. The number of aromatic nitrogens is 1. The van der Waals surface area contributed by atoms with Gasteiger partial charge in [-0.2, -0.15) is 5.26 Å². The molecule has 0 fully saturated rings. The van der Waals surface area contributed by atoms with Gasteiger partial charge in [-0.05, 0) is 0 Å². The highest BCUT2D eigenvalue weighted by atomic mass is 19.3. The highest BCUT2D eigenvalue weighted by molar-refractivity contribution is 5.57. The van der Waals surface area contributed by atoms with Crippen LogP contribution in [0.25, 0.3) is 0 Å². The maximum Gasteiger partial charge on any atom is 0.269 e. The van der Waals surface area contributed by atoms with Gasteiger partial charge in [0.05, 0.1) is 35.6 Å². The number of pyridine rings is 1. The number of halogens is 2. The molecule has 0 aromatic carbocycles. The first-order valence-electron chi connectivity index (χ1n) is 3.69. The standard InChI is InChI=1S/C8H7F2N3O/c9-8(10)6-5(14)3-13-4(1-2-11)7(6)12/h3,8,14H,1,12H2. The third-order valence-corrected chi connectivity index (χ3v) is 1.68. The van der Waals surface area contributed by atoms with Crippen LogP contribution in [-0.2, 0) is 6.42 Å². The Morgan fingerprint density at radius 2 is 2.29 bits per heavy atom. The van der Waals surface area contributed by atoms with Gasteiger partial charge in [-0.1, -0.05) is 0 Å². The number of hydrogen-bond acceptors (Lipinski definition) is 4. The quantitative estimate of drug-likeness (QED) is 0.753. The lowest BCUT2D eigenvalue weighted by atomic mass is 10.1. The number of alkyl halides is 2. The molecule has 1 rings (SSSR count). The van der Waals surface area contributed by atoms with Gasteiger partial charge in [-0.3, -0.25) is 4.98 Å². The summed E-state index contributed by atoms with van der Waals surface area (Å²) >= 11 is 0. The van der Waals surface area contributed by atoms with E-state index in [4.69, 9.17) is 16.1 Å². The van der Waals surface area contributed by atoms with E-state index < -0.39 is 17.7 Å². The Morgan fingerprint density at radius 3 is 2.79 bits per heavy atom. The lowest BCUT2D eigenvalue weighted by Crippen LogP contribution is -2.03. The fourth-order valence-electron chi connectivity index (χ4n) is 1.02. The molecular formula is C8H7F2N3O. The average molecular weight is 199 g/mol. The van der Waals surface area contributed by atoms with E-state index in [0.29, 0.717) is 0 Å². The van der Waals surface area contributed by atoms with E-state index in [-0.39, 0.29) is 17.8 Å². The molecule has 0 saturated carbocycles. The molecule has 0 aliphatic carbocycles. The van der Waals surface area contributed by atoms with E-state index in [1.807, 2.05) is 0 Å². The maximum atomic E-state index is 12.4. The Morgan fingerprint density at radius 1 is 1.64 bits per heavy atom. The van der Waals surface area contributed by atoms with Crippen LogP contribution in [0.4, 0.5) is 14.5 Å². The lowest BCUT2D eigenvalue weighted by Gasteiger charge is -2.08. The number of nitrogens with zero attached hydrogens (tertiary/aromatic N) is 2. The van der Waals surface area contributed by atoms with Gasteiger partial charge in [-0.25, -0.2) is 8.78 Å². The largest absolute Gasteiger partial charge is 0.506 e. The van der Waals surface area contributed by atoms with Crippen molar-refractivity contribution in [1.29, 1.82) is 5.26 Å². The normalized spacial score (nSPS) is 10.1. The molecule has 0 aliphatic heterocycles.